The van der Waals surface area contributed by atoms with Crippen LogP contribution in [0, 0.1) is 6.92 Å². The first kappa shape index (κ1) is 15.4. The molecule has 4 nitrogen and oxygen atoms in total. The van der Waals surface area contributed by atoms with Crippen molar-refractivity contribution in [2.75, 3.05) is 12.4 Å². The third kappa shape index (κ3) is 3.17. The number of fused-ring (bicyclic) bond motifs is 1. The molecule has 0 spiro atoms. The van der Waals surface area contributed by atoms with E-state index in [1.807, 2.05) is 54.1 Å². The highest BCUT2D eigenvalue weighted by Crippen LogP contribution is 2.24. The number of anilines is 1. The van der Waals surface area contributed by atoms with Gasteiger partial charge in [-0.05, 0) is 48.9 Å². The van der Waals surface area contributed by atoms with Crippen LogP contribution in [-0.4, -0.2) is 17.6 Å². The molecular weight excluding hydrogens is 312 g/mol. The van der Waals surface area contributed by atoms with Crippen LogP contribution in [-0.2, 0) is 11.3 Å². The second-order valence-corrected chi connectivity index (χ2v) is 5.74. The van der Waals surface area contributed by atoms with Crippen molar-refractivity contribution >= 4 is 34.1 Å². The van der Waals surface area contributed by atoms with Gasteiger partial charge < -0.3 is 14.6 Å². The first-order valence-corrected chi connectivity index (χ1v) is 7.64. The van der Waals surface area contributed by atoms with Crippen molar-refractivity contribution in [2.24, 2.45) is 0 Å². The molecule has 0 saturated carbocycles. The van der Waals surface area contributed by atoms with E-state index in [2.05, 4.69) is 5.32 Å². The molecule has 5 heteroatoms. The summed E-state index contributed by atoms with van der Waals surface area (Å²) in [5.74, 6) is 0.706. The van der Waals surface area contributed by atoms with E-state index in [0.29, 0.717) is 5.02 Å². The topological polar surface area (TPSA) is 43.3 Å². The Bertz CT molecular complexity index is 871. The summed E-state index contributed by atoms with van der Waals surface area (Å²) in [5.41, 5.74) is 2.59. The molecule has 0 fully saturated rings. The van der Waals surface area contributed by atoms with Crippen molar-refractivity contribution in [1.29, 1.82) is 0 Å². The Balaban J connectivity index is 1.79. The molecule has 1 aromatic heterocycles. The van der Waals surface area contributed by atoms with Gasteiger partial charge in [0.05, 0.1) is 7.11 Å². The zero-order valence-electron chi connectivity index (χ0n) is 13.0. The zero-order chi connectivity index (χ0) is 16.4. The van der Waals surface area contributed by atoms with Gasteiger partial charge in [-0.3, -0.25) is 4.79 Å². The number of methoxy groups -OCH3 is 1. The Labute approximate surface area is 139 Å². The van der Waals surface area contributed by atoms with E-state index in [9.17, 15) is 4.79 Å². The molecule has 0 aliphatic heterocycles. The van der Waals surface area contributed by atoms with Crippen LogP contribution in [0.4, 0.5) is 5.69 Å². The fourth-order valence-corrected chi connectivity index (χ4v) is 2.70. The minimum absolute atomic E-state index is 0.0938. The molecule has 0 saturated heterocycles. The summed E-state index contributed by atoms with van der Waals surface area (Å²) in [6.45, 7) is 2.12. The van der Waals surface area contributed by atoms with E-state index in [4.69, 9.17) is 16.3 Å². The molecule has 2 aromatic carbocycles. The summed E-state index contributed by atoms with van der Waals surface area (Å²) in [7, 11) is 1.64. The fraction of sp³-hybridized carbons (Fsp3) is 0.167. The average molecular weight is 329 g/mol. The molecule has 1 N–H and O–H groups in total. The fourth-order valence-electron chi connectivity index (χ4n) is 2.53. The summed E-state index contributed by atoms with van der Waals surface area (Å²) < 4.78 is 7.12. The van der Waals surface area contributed by atoms with Crippen LogP contribution < -0.4 is 10.1 Å². The van der Waals surface area contributed by atoms with Crippen molar-refractivity contribution in [3.8, 4) is 5.75 Å². The lowest BCUT2D eigenvalue weighted by atomic mass is 10.2. The highest BCUT2D eigenvalue weighted by atomic mass is 35.5. The summed E-state index contributed by atoms with van der Waals surface area (Å²) in [6.07, 6.45) is 1.90. The lowest BCUT2D eigenvalue weighted by molar-refractivity contribution is -0.116. The quantitative estimate of drug-likeness (QED) is 0.778. The van der Waals surface area contributed by atoms with E-state index in [1.54, 1.807) is 13.2 Å². The standard InChI is InChI=1S/C18H17ClN2O2/c1-12-15(19)4-3-5-16(12)20-18(22)11-21-9-8-13-10-14(23-2)6-7-17(13)21/h3-10H,11H2,1-2H3,(H,20,22). The van der Waals surface area contributed by atoms with Gasteiger partial charge in [-0.25, -0.2) is 0 Å². The third-order valence-electron chi connectivity index (χ3n) is 3.83. The van der Waals surface area contributed by atoms with Crippen LogP contribution in [0.1, 0.15) is 5.56 Å². The Morgan fingerprint density at radius 3 is 2.87 bits per heavy atom. The molecule has 3 rings (SSSR count). The molecular formula is C18H17ClN2O2. The van der Waals surface area contributed by atoms with Gasteiger partial charge in [0.1, 0.15) is 12.3 Å². The normalized spacial score (nSPS) is 10.7. The van der Waals surface area contributed by atoms with Crippen LogP contribution in [0.5, 0.6) is 5.75 Å². The molecule has 0 radical (unpaired) electrons. The first-order chi connectivity index (χ1) is 11.1. The maximum atomic E-state index is 12.3. The van der Waals surface area contributed by atoms with Crippen molar-refractivity contribution in [3.63, 3.8) is 0 Å². The monoisotopic (exact) mass is 328 g/mol. The zero-order valence-corrected chi connectivity index (χ0v) is 13.7. The highest BCUT2D eigenvalue weighted by Gasteiger charge is 2.09. The number of benzene rings is 2. The SMILES string of the molecule is COc1ccc2c(ccn2CC(=O)Nc2cccc(Cl)c2C)c1. The van der Waals surface area contributed by atoms with Gasteiger partial charge >= 0.3 is 0 Å². The number of rotatable bonds is 4. The summed E-state index contributed by atoms with van der Waals surface area (Å²) in [5, 5.41) is 4.59. The van der Waals surface area contributed by atoms with Gasteiger partial charge in [0, 0.05) is 27.8 Å². The third-order valence-corrected chi connectivity index (χ3v) is 4.24. The average Bonchev–Trinajstić information content (AvgIpc) is 2.94. The smallest absolute Gasteiger partial charge is 0.244 e. The second-order valence-electron chi connectivity index (χ2n) is 5.33. The first-order valence-electron chi connectivity index (χ1n) is 7.26. The molecule has 0 unspecified atom stereocenters. The predicted molar refractivity (Wildman–Crippen MR) is 93.3 cm³/mol. The van der Waals surface area contributed by atoms with Crippen molar-refractivity contribution in [2.45, 2.75) is 13.5 Å². The van der Waals surface area contributed by atoms with E-state index >= 15 is 0 Å². The number of hydrogen-bond donors (Lipinski definition) is 1. The maximum Gasteiger partial charge on any atom is 0.244 e. The number of carbonyl (C=O) groups excluding carboxylic acids is 1. The molecule has 0 atom stereocenters. The Hall–Kier alpha value is -2.46. The van der Waals surface area contributed by atoms with Crippen molar-refractivity contribution < 1.29 is 9.53 Å². The highest BCUT2D eigenvalue weighted by molar-refractivity contribution is 6.31. The van der Waals surface area contributed by atoms with Gasteiger partial charge in [-0.1, -0.05) is 17.7 Å². The van der Waals surface area contributed by atoms with Crippen LogP contribution in [0.15, 0.2) is 48.7 Å². The second kappa shape index (κ2) is 6.34. The predicted octanol–water partition coefficient (Wildman–Crippen LogP) is 4.25. The number of ether oxygens (including phenoxy) is 1. The van der Waals surface area contributed by atoms with E-state index in [1.165, 1.54) is 0 Å². The molecule has 0 bridgehead atoms. The molecule has 1 heterocycles. The number of halogens is 1. The summed E-state index contributed by atoms with van der Waals surface area (Å²) in [6, 6.07) is 13.2. The van der Waals surface area contributed by atoms with E-state index in [-0.39, 0.29) is 12.5 Å². The molecule has 1 amide bonds. The van der Waals surface area contributed by atoms with Gasteiger partial charge in [-0.15, -0.1) is 0 Å². The minimum atomic E-state index is -0.0938. The number of nitrogens with one attached hydrogen (secondary N) is 1. The van der Waals surface area contributed by atoms with E-state index in [0.717, 1.165) is 27.9 Å². The van der Waals surface area contributed by atoms with Crippen molar-refractivity contribution in [1.82, 2.24) is 4.57 Å². The van der Waals surface area contributed by atoms with Crippen LogP contribution in [0.3, 0.4) is 0 Å². The van der Waals surface area contributed by atoms with Crippen LogP contribution in [0.25, 0.3) is 10.9 Å². The lowest BCUT2D eigenvalue weighted by Gasteiger charge is -2.11. The Kier molecular flexibility index (Phi) is 4.26. The number of amides is 1. The number of carbonyl (C=O) groups is 1. The van der Waals surface area contributed by atoms with Gasteiger partial charge in [0.2, 0.25) is 5.91 Å². The Morgan fingerprint density at radius 2 is 2.09 bits per heavy atom. The molecule has 118 valence electrons. The molecule has 3 aromatic rings. The summed E-state index contributed by atoms with van der Waals surface area (Å²) in [4.78, 5) is 12.3. The van der Waals surface area contributed by atoms with E-state index < -0.39 is 0 Å². The largest absolute Gasteiger partial charge is 0.497 e. The van der Waals surface area contributed by atoms with Crippen LogP contribution in [0.2, 0.25) is 5.02 Å². The maximum absolute atomic E-state index is 12.3. The number of hydrogen-bond acceptors (Lipinski definition) is 2. The van der Waals surface area contributed by atoms with Gasteiger partial charge in [0.25, 0.3) is 0 Å². The van der Waals surface area contributed by atoms with Crippen molar-refractivity contribution in [3.05, 3.63) is 59.2 Å². The lowest BCUT2D eigenvalue weighted by Crippen LogP contribution is -2.18. The molecule has 0 aliphatic rings. The van der Waals surface area contributed by atoms with Gasteiger partial charge in [0.15, 0.2) is 0 Å². The minimum Gasteiger partial charge on any atom is -0.497 e. The van der Waals surface area contributed by atoms with Gasteiger partial charge in [-0.2, -0.15) is 0 Å². The molecule has 23 heavy (non-hydrogen) atoms. The van der Waals surface area contributed by atoms with Crippen LogP contribution >= 0.6 is 11.6 Å². The number of aromatic nitrogens is 1. The molecule has 0 aliphatic carbocycles. The Morgan fingerprint density at radius 1 is 1.26 bits per heavy atom. The summed E-state index contributed by atoms with van der Waals surface area (Å²) >= 11 is 6.08. The number of nitrogens with zero attached hydrogens (tertiary/aromatic N) is 1.